The fourth-order valence-corrected chi connectivity index (χ4v) is 3.17. The maximum atomic E-state index is 12.9. The van der Waals surface area contributed by atoms with Crippen LogP contribution in [0.1, 0.15) is 48.2 Å². The van der Waals surface area contributed by atoms with Crippen molar-refractivity contribution in [1.29, 1.82) is 0 Å². The minimum absolute atomic E-state index is 0.00238. The first-order valence-corrected chi connectivity index (χ1v) is 11.0. The van der Waals surface area contributed by atoms with Gasteiger partial charge in [-0.1, -0.05) is 44.5 Å². The Bertz CT molecular complexity index is 843. The van der Waals surface area contributed by atoms with Gasteiger partial charge in [0.15, 0.2) is 0 Å². The minimum atomic E-state index is -3.54. The summed E-state index contributed by atoms with van der Waals surface area (Å²) in [5, 5.41) is 0. The minimum Gasteiger partial charge on any atom is -0.383 e. The molecule has 0 atom stereocenters. The molecule has 146 valence electrons. The first-order chi connectivity index (χ1) is 12.8. The van der Waals surface area contributed by atoms with E-state index < -0.39 is 10.1 Å². The molecule has 0 N–H and O–H groups in total. The summed E-state index contributed by atoms with van der Waals surface area (Å²) in [4.78, 5) is 14.8. The molecule has 0 fully saturated rings. The Morgan fingerprint density at radius 1 is 0.963 bits per heavy atom. The van der Waals surface area contributed by atoms with Crippen LogP contribution < -0.4 is 4.18 Å². The van der Waals surface area contributed by atoms with Gasteiger partial charge in [-0.2, -0.15) is 8.42 Å². The molecule has 5 nitrogen and oxygen atoms in total. The lowest BCUT2D eigenvalue weighted by Crippen LogP contribution is -2.31. The van der Waals surface area contributed by atoms with Crippen LogP contribution in [0, 0.1) is 0 Å². The Kier molecular flexibility index (Phi) is 7.42. The van der Waals surface area contributed by atoms with Gasteiger partial charge in [-0.15, -0.1) is 0 Å². The highest BCUT2D eigenvalue weighted by Gasteiger charge is 2.16. The molecule has 0 heterocycles. The number of carbonyl (C=O) groups is 1. The Balaban J connectivity index is 2.14. The van der Waals surface area contributed by atoms with Crippen molar-refractivity contribution in [2.24, 2.45) is 0 Å². The third kappa shape index (κ3) is 6.71. The second kappa shape index (κ2) is 9.55. The lowest BCUT2D eigenvalue weighted by molar-refractivity contribution is 0.0741. The van der Waals surface area contributed by atoms with E-state index in [-0.39, 0.29) is 11.7 Å². The van der Waals surface area contributed by atoms with Crippen LogP contribution in [0.15, 0.2) is 48.5 Å². The van der Waals surface area contributed by atoms with Crippen molar-refractivity contribution >= 4 is 16.0 Å². The average molecular weight is 390 g/mol. The molecule has 0 saturated heterocycles. The largest absolute Gasteiger partial charge is 0.383 e. The van der Waals surface area contributed by atoms with E-state index in [0.717, 1.165) is 31.1 Å². The van der Waals surface area contributed by atoms with Crippen LogP contribution in [0.4, 0.5) is 0 Å². The number of unbranched alkanes of at least 4 members (excludes halogenated alkanes) is 1. The molecule has 0 aromatic heterocycles. The number of rotatable bonds is 9. The summed E-state index contributed by atoms with van der Waals surface area (Å²) in [7, 11) is -3.54. The number of hydrogen-bond acceptors (Lipinski definition) is 4. The highest BCUT2D eigenvalue weighted by Crippen LogP contribution is 2.17. The van der Waals surface area contributed by atoms with Crippen LogP contribution >= 0.6 is 0 Å². The zero-order valence-electron chi connectivity index (χ0n) is 16.1. The Labute approximate surface area is 162 Å². The van der Waals surface area contributed by atoms with E-state index in [1.165, 1.54) is 5.56 Å². The molecule has 0 saturated carbocycles. The topological polar surface area (TPSA) is 63.7 Å². The second-order valence-corrected chi connectivity index (χ2v) is 8.14. The predicted octanol–water partition coefficient (Wildman–Crippen LogP) is 4.03. The van der Waals surface area contributed by atoms with Gasteiger partial charge in [-0.05, 0) is 48.2 Å². The summed E-state index contributed by atoms with van der Waals surface area (Å²) in [6, 6.07) is 14.5. The standard InChI is InChI=1S/C21H27NO4S/c1-4-6-15-22(21(23)19-11-7-17(5-2)8-12-19)16-18-9-13-20(14-10-18)26-27(3,24)25/h7-14H,4-6,15-16H2,1-3H3. The third-order valence-electron chi connectivity index (χ3n) is 4.22. The van der Waals surface area contributed by atoms with Gasteiger partial charge in [0.2, 0.25) is 0 Å². The zero-order chi connectivity index (χ0) is 19.9. The second-order valence-electron chi connectivity index (χ2n) is 6.56. The summed E-state index contributed by atoms with van der Waals surface area (Å²) >= 11 is 0. The molecule has 0 aliphatic heterocycles. The summed E-state index contributed by atoms with van der Waals surface area (Å²) < 4.78 is 27.3. The molecule has 2 aromatic rings. The third-order valence-corrected chi connectivity index (χ3v) is 4.72. The molecule has 0 spiro atoms. The van der Waals surface area contributed by atoms with Crippen molar-refractivity contribution < 1.29 is 17.4 Å². The molecule has 6 heteroatoms. The van der Waals surface area contributed by atoms with Gasteiger partial charge >= 0.3 is 10.1 Å². The van der Waals surface area contributed by atoms with E-state index in [2.05, 4.69) is 13.8 Å². The SMILES string of the molecule is CCCCN(Cc1ccc(OS(C)(=O)=O)cc1)C(=O)c1ccc(CC)cc1. The van der Waals surface area contributed by atoms with Gasteiger partial charge in [0, 0.05) is 18.7 Å². The Morgan fingerprint density at radius 2 is 1.56 bits per heavy atom. The van der Waals surface area contributed by atoms with Crippen LogP contribution in [0.3, 0.4) is 0 Å². The van der Waals surface area contributed by atoms with Crippen molar-refractivity contribution in [3.63, 3.8) is 0 Å². The first kappa shape index (κ1) is 21.0. The number of amides is 1. The van der Waals surface area contributed by atoms with Gasteiger partial charge < -0.3 is 9.08 Å². The average Bonchev–Trinajstić information content (AvgIpc) is 2.65. The van der Waals surface area contributed by atoms with Gasteiger partial charge in [0.05, 0.1) is 6.26 Å². The molecule has 0 bridgehead atoms. The van der Waals surface area contributed by atoms with Crippen molar-refractivity contribution in [3.05, 3.63) is 65.2 Å². The van der Waals surface area contributed by atoms with E-state index in [1.807, 2.05) is 29.2 Å². The summed E-state index contributed by atoms with van der Waals surface area (Å²) in [5.74, 6) is 0.269. The maximum absolute atomic E-state index is 12.9. The maximum Gasteiger partial charge on any atom is 0.306 e. The first-order valence-electron chi connectivity index (χ1n) is 9.19. The lowest BCUT2D eigenvalue weighted by atomic mass is 10.1. The Hall–Kier alpha value is -2.34. The summed E-state index contributed by atoms with van der Waals surface area (Å²) in [5.41, 5.74) is 2.80. The van der Waals surface area contributed by atoms with Gasteiger partial charge in [0.25, 0.3) is 5.91 Å². The molecule has 0 radical (unpaired) electrons. The van der Waals surface area contributed by atoms with E-state index in [4.69, 9.17) is 4.18 Å². The summed E-state index contributed by atoms with van der Waals surface area (Å²) in [6.07, 6.45) is 3.87. The van der Waals surface area contributed by atoms with Crippen LogP contribution in [-0.2, 0) is 23.1 Å². The fourth-order valence-electron chi connectivity index (χ4n) is 2.71. The number of hydrogen-bond donors (Lipinski definition) is 0. The van der Waals surface area contributed by atoms with E-state index >= 15 is 0 Å². The van der Waals surface area contributed by atoms with Crippen molar-refractivity contribution in [3.8, 4) is 5.75 Å². The lowest BCUT2D eigenvalue weighted by Gasteiger charge is -2.23. The molecule has 0 unspecified atom stereocenters. The van der Waals surface area contributed by atoms with Crippen LogP contribution in [0.5, 0.6) is 5.75 Å². The van der Waals surface area contributed by atoms with Crippen molar-refractivity contribution in [2.75, 3.05) is 12.8 Å². The van der Waals surface area contributed by atoms with E-state index in [9.17, 15) is 13.2 Å². The van der Waals surface area contributed by atoms with E-state index in [1.54, 1.807) is 24.3 Å². The Morgan fingerprint density at radius 3 is 2.07 bits per heavy atom. The molecule has 27 heavy (non-hydrogen) atoms. The molecule has 0 aliphatic rings. The predicted molar refractivity (Wildman–Crippen MR) is 107 cm³/mol. The van der Waals surface area contributed by atoms with Crippen molar-refractivity contribution in [2.45, 2.75) is 39.7 Å². The molecular formula is C21H27NO4S. The number of benzene rings is 2. The summed E-state index contributed by atoms with van der Waals surface area (Å²) in [6.45, 7) is 5.32. The number of carbonyl (C=O) groups excluding carboxylic acids is 1. The molecule has 2 rings (SSSR count). The quantitative estimate of drug-likeness (QED) is 0.608. The molecule has 0 aliphatic carbocycles. The van der Waals surface area contributed by atoms with Crippen LogP contribution in [0.2, 0.25) is 0 Å². The van der Waals surface area contributed by atoms with Crippen LogP contribution in [0.25, 0.3) is 0 Å². The smallest absolute Gasteiger partial charge is 0.306 e. The number of nitrogens with zero attached hydrogens (tertiary/aromatic N) is 1. The highest BCUT2D eigenvalue weighted by molar-refractivity contribution is 7.86. The van der Waals surface area contributed by atoms with Crippen LogP contribution in [-0.4, -0.2) is 32.0 Å². The fraction of sp³-hybridized carbons (Fsp3) is 0.381. The molecule has 1 amide bonds. The van der Waals surface area contributed by atoms with Gasteiger partial charge in [-0.25, -0.2) is 0 Å². The number of aryl methyl sites for hydroxylation is 1. The molecular weight excluding hydrogens is 362 g/mol. The van der Waals surface area contributed by atoms with Crippen molar-refractivity contribution in [1.82, 2.24) is 4.90 Å². The van der Waals surface area contributed by atoms with E-state index in [0.29, 0.717) is 18.7 Å². The molecule has 2 aromatic carbocycles. The highest BCUT2D eigenvalue weighted by atomic mass is 32.2. The monoisotopic (exact) mass is 389 g/mol. The van der Waals surface area contributed by atoms with Gasteiger partial charge in [-0.3, -0.25) is 4.79 Å². The zero-order valence-corrected chi connectivity index (χ0v) is 17.0. The van der Waals surface area contributed by atoms with Gasteiger partial charge in [0.1, 0.15) is 5.75 Å². The normalized spacial score (nSPS) is 11.2.